The van der Waals surface area contributed by atoms with E-state index >= 15 is 0 Å². The normalized spacial score (nSPS) is 11.2. The van der Waals surface area contributed by atoms with Gasteiger partial charge >= 0.3 is 0 Å². The van der Waals surface area contributed by atoms with Crippen LogP contribution in [-0.2, 0) is 14.8 Å². The quantitative estimate of drug-likeness (QED) is 0.806. The fourth-order valence-electron chi connectivity index (χ4n) is 1.60. The summed E-state index contributed by atoms with van der Waals surface area (Å²) in [4.78, 5) is 11.8. The Morgan fingerprint density at radius 2 is 1.64 bits per heavy atom. The van der Waals surface area contributed by atoms with Gasteiger partial charge in [-0.25, -0.2) is 13.1 Å². The van der Waals surface area contributed by atoms with Gasteiger partial charge in [-0.05, 0) is 48.5 Å². The lowest BCUT2D eigenvalue weighted by molar-refractivity contribution is -0.115. The molecule has 0 fully saturated rings. The zero-order valence-electron chi connectivity index (χ0n) is 11.2. The highest BCUT2D eigenvalue weighted by Crippen LogP contribution is 2.15. The van der Waals surface area contributed by atoms with Gasteiger partial charge in [0.2, 0.25) is 15.9 Å². The van der Waals surface area contributed by atoms with Crippen LogP contribution in [0.4, 0.5) is 5.69 Å². The number of hydrogen-bond acceptors (Lipinski definition) is 3. The second-order valence-corrected chi connectivity index (χ2v) is 7.45. The Labute approximate surface area is 141 Å². The smallest absolute Gasteiger partial charge is 0.241 e. The van der Waals surface area contributed by atoms with Crippen molar-refractivity contribution in [3.8, 4) is 0 Å². The van der Waals surface area contributed by atoms with E-state index in [9.17, 15) is 13.2 Å². The van der Waals surface area contributed by atoms with E-state index in [2.05, 4.69) is 26.0 Å². The highest BCUT2D eigenvalue weighted by Gasteiger charge is 2.15. The molecule has 0 aliphatic carbocycles. The Balaban J connectivity index is 1.95. The SMILES string of the molecule is O=C(CNS(=O)(=O)c1ccc(Cl)cc1)Nc1ccc(Br)cc1. The molecule has 22 heavy (non-hydrogen) atoms. The molecule has 0 saturated carbocycles. The first-order chi connectivity index (χ1) is 10.4. The molecule has 1 amide bonds. The van der Waals surface area contributed by atoms with Crippen molar-refractivity contribution < 1.29 is 13.2 Å². The van der Waals surface area contributed by atoms with Crippen LogP contribution in [0.2, 0.25) is 5.02 Å². The number of carbonyl (C=O) groups excluding carboxylic acids is 1. The number of hydrogen-bond donors (Lipinski definition) is 2. The Hall–Kier alpha value is -1.41. The summed E-state index contributed by atoms with van der Waals surface area (Å²) in [5, 5.41) is 3.03. The molecule has 0 heterocycles. The maximum atomic E-state index is 12.0. The first-order valence-corrected chi connectivity index (χ1v) is 8.83. The summed E-state index contributed by atoms with van der Waals surface area (Å²) < 4.78 is 27.1. The number of amides is 1. The minimum absolute atomic E-state index is 0.0494. The average molecular weight is 404 g/mol. The molecule has 0 saturated heterocycles. The molecule has 2 N–H and O–H groups in total. The highest BCUT2D eigenvalue weighted by molar-refractivity contribution is 9.10. The van der Waals surface area contributed by atoms with Crippen molar-refractivity contribution in [3.05, 3.63) is 58.0 Å². The van der Waals surface area contributed by atoms with E-state index in [4.69, 9.17) is 11.6 Å². The number of halogens is 2. The van der Waals surface area contributed by atoms with Crippen LogP contribution in [-0.4, -0.2) is 20.9 Å². The molecule has 0 radical (unpaired) electrons. The number of nitrogens with one attached hydrogen (secondary N) is 2. The van der Waals surface area contributed by atoms with Crippen molar-refractivity contribution in [2.45, 2.75) is 4.90 Å². The molecule has 116 valence electrons. The maximum absolute atomic E-state index is 12.0. The van der Waals surface area contributed by atoms with E-state index in [0.717, 1.165) is 4.47 Å². The fourth-order valence-corrected chi connectivity index (χ4v) is 2.97. The molecule has 0 bridgehead atoms. The second kappa shape index (κ2) is 7.23. The van der Waals surface area contributed by atoms with Gasteiger partial charge in [0.05, 0.1) is 11.4 Å². The summed E-state index contributed by atoms with van der Waals surface area (Å²) in [6.45, 7) is -0.360. The third-order valence-corrected chi connectivity index (χ3v) is 4.87. The number of rotatable bonds is 5. The largest absolute Gasteiger partial charge is 0.325 e. The van der Waals surface area contributed by atoms with Crippen LogP contribution < -0.4 is 10.0 Å². The molecule has 2 aromatic carbocycles. The predicted octanol–water partition coefficient (Wildman–Crippen LogP) is 3.02. The Morgan fingerprint density at radius 1 is 1.05 bits per heavy atom. The minimum atomic E-state index is -3.75. The van der Waals surface area contributed by atoms with Gasteiger partial charge < -0.3 is 5.32 Å². The zero-order chi connectivity index (χ0) is 16.2. The van der Waals surface area contributed by atoms with E-state index in [1.807, 2.05) is 0 Å². The summed E-state index contributed by atoms with van der Waals surface area (Å²) in [6, 6.07) is 12.6. The van der Waals surface area contributed by atoms with Gasteiger partial charge in [-0.15, -0.1) is 0 Å². The molecule has 0 spiro atoms. The van der Waals surface area contributed by atoms with Crippen molar-refractivity contribution in [2.24, 2.45) is 0 Å². The van der Waals surface area contributed by atoms with Crippen LogP contribution in [0, 0.1) is 0 Å². The Morgan fingerprint density at radius 3 is 2.23 bits per heavy atom. The lowest BCUT2D eigenvalue weighted by Gasteiger charge is -2.08. The third kappa shape index (κ3) is 4.81. The van der Waals surface area contributed by atoms with Crippen LogP contribution in [0.3, 0.4) is 0 Å². The number of benzene rings is 2. The summed E-state index contributed by atoms with van der Waals surface area (Å²) in [5.41, 5.74) is 0.582. The molecule has 2 aromatic rings. The zero-order valence-corrected chi connectivity index (χ0v) is 14.4. The average Bonchev–Trinajstić information content (AvgIpc) is 2.48. The molecular weight excluding hydrogens is 392 g/mol. The summed E-state index contributed by atoms with van der Waals surface area (Å²) in [5.74, 6) is -0.458. The number of anilines is 1. The van der Waals surface area contributed by atoms with Crippen LogP contribution in [0.25, 0.3) is 0 Å². The van der Waals surface area contributed by atoms with Gasteiger partial charge in [-0.2, -0.15) is 0 Å². The van der Waals surface area contributed by atoms with Gasteiger partial charge in [-0.1, -0.05) is 27.5 Å². The van der Waals surface area contributed by atoms with E-state index < -0.39 is 15.9 Å². The molecule has 5 nitrogen and oxygen atoms in total. The van der Waals surface area contributed by atoms with Gasteiger partial charge in [0.25, 0.3) is 0 Å². The highest BCUT2D eigenvalue weighted by atomic mass is 79.9. The summed E-state index contributed by atoms with van der Waals surface area (Å²) in [6.07, 6.45) is 0. The third-order valence-electron chi connectivity index (χ3n) is 2.67. The molecule has 0 aliphatic heterocycles. The molecule has 0 aromatic heterocycles. The monoisotopic (exact) mass is 402 g/mol. The Bertz CT molecular complexity index is 762. The van der Waals surface area contributed by atoms with Crippen molar-refractivity contribution in [1.29, 1.82) is 0 Å². The molecular formula is C14H12BrClN2O3S. The van der Waals surface area contributed by atoms with E-state index in [1.165, 1.54) is 24.3 Å². The van der Waals surface area contributed by atoms with Crippen LogP contribution >= 0.6 is 27.5 Å². The first-order valence-electron chi connectivity index (χ1n) is 6.17. The second-order valence-electron chi connectivity index (χ2n) is 4.33. The van der Waals surface area contributed by atoms with E-state index in [1.54, 1.807) is 24.3 Å². The number of sulfonamides is 1. The van der Waals surface area contributed by atoms with E-state index in [-0.39, 0.29) is 11.4 Å². The van der Waals surface area contributed by atoms with Crippen molar-refractivity contribution in [1.82, 2.24) is 4.72 Å². The molecule has 0 atom stereocenters. The van der Waals surface area contributed by atoms with Gasteiger partial charge in [0.15, 0.2) is 0 Å². The number of carbonyl (C=O) groups is 1. The predicted molar refractivity (Wildman–Crippen MR) is 89.4 cm³/mol. The van der Waals surface area contributed by atoms with Crippen molar-refractivity contribution in [2.75, 3.05) is 11.9 Å². The lowest BCUT2D eigenvalue weighted by atomic mass is 10.3. The fraction of sp³-hybridized carbons (Fsp3) is 0.0714. The standard InChI is InChI=1S/C14H12BrClN2O3S/c15-10-1-5-12(6-2-10)18-14(19)9-17-22(20,21)13-7-3-11(16)4-8-13/h1-8,17H,9H2,(H,18,19). The van der Waals surface area contributed by atoms with Gasteiger partial charge in [0.1, 0.15) is 0 Å². The van der Waals surface area contributed by atoms with Gasteiger partial charge in [-0.3, -0.25) is 4.79 Å². The Kier molecular flexibility index (Phi) is 5.57. The van der Waals surface area contributed by atoms with Crippen LogP contribution in [0.15, 0.2) is 57.9 Å². The molecule has 8 heteroatoms. The minimum Gasteiger partial charge on any atom is -0.325 e. The topological polar surface area (TPSA) is 75.3 Å². The van der Waals surface area contributed by atoms with Crippen molar-refractivity contribution in [3.63, 3.8) is 0 Å². The molecule has 2 rings (SSSR count). The molecule has 0 aliphatic rings. The van der Waals surface area contributed by atoms with Crippen LogP contribution in [0.5, 0.6) is 0 Å². The summed E-state index contributed by atoms with van der Waals surface area (Å²) >= 11 is 8.99. The summed E-state index contributed by atoms with van der Waals surface area (Å²) in [7, 11) is -3.75. The van der Waals surface area contributed by atoms with Gasteiger partial charge in [0, 0.05) is 15.2 Å². The lowest BCUT2D eigenvalue weighted by Crippen LogP contribution is -2.32. The first kappa shape index (κ1) is 17.0. The van der Waals surface area contributed by atoms with E-state index in [0.29, 0.717) is 10.7 Å². The molecule has 0 unspecified atom stereocenters. The maximum Gasteiger partial charge on any atom is 0.241 e. The van der Waals surface area contributed by atoms with Crippen LogP contribution in [0.1, 0.15) is 0 Å². The van der Waals surface area contributed by atoms with Crippen molar-refractivity contribution >= 4 is 49.1 Å².